The average molecular weight is 421 g/mol. The molecule has 1 amide bonds. The minimum Gasteiger partial charge on any atom is -0.454 e. The maximum Gasteiger partial charge on any atom is 0.237 e. The van der Waals surface area contributed by atoms with Gasteiger partial charge in [0.25, 0.3) is 0 Å². The third-order valence-corrected chi connectivity index (χ3v) is 6.62. The lowest BCUT2D eigenvalue weighted by molar-refractivity contribution is -0.122. The van der Waals surface area contributed by atoms with E-state index in [4.69, 9.17) is 9.47 Å². The van der Waals surface area contributed by atoms with E-state index in [-0.39, 0.29) is 37.9 Å². The van der Waals surface area contributed by atoms with Gasteiger partial charge in [0.2, 0.25) is 22.7 Å². The molecule has 4 rings (SSSR count). The molecule has 2 atom stereocenters. The van der Waals surface area contributed by atoms with Crippen LogP contribution >= 0.6 is 0 Å². The monoisotopic (exact) mass is 421 g/mol. The van der Waals surface area contributed by atoms with E-state index in [9.17, 15) is 17.6 Å². The number of halogens is 1. The van der Waals surface area contributed by atoms with Gasteiger partial charge in [0.05, 0.1) is 17.0 Å². The minimum atomic E-state index is -3.84. The highest BCUT2D eigenvalue weighted by Crippen LogP contribution is 2.32. The number of hydrogen-bond acceptors (Lipinski definition) is 6. The predicted molar refractivity (Wildman–Crippen MR) is 104 cm³/mol. The van der Waals surface area contributed by atoms with Crippen LogP contribution in [0.4, 0.5) is 10.1 Å². The molecule has 0 aromatic heterocycles. The molecule has 2 heterocycles. The summed E-state index contributed by atoms with van der Waals surface area (Å²) in [6, 6.07) is 10.3. The Labute approximate surface area is 167 Å². The lowest BCUT2D eigenvalue weighted by Gasteiger charge is -2.14. The molecule has 0 radical (unpaired) electrons. The van der Waals surface area contributed by atoms with Crippen LogP contribution in [-0.4, -0.2) is 39.0 Å². The lowest BCUT2D eigenvalue weighted by Crippen LogP contribution is -2.40. The largest absolute Gasteiger partial charge is 0.454 e. The highest BCUT2D eigenvalue weighted by molar-refractivity contribution is 7.93. The molecule has 154 valence electrons. The van der Waals surface area contributed by atoms with Gasteiger partial charge in [-0.2, -0.15) is 0 Å². The molecule has 10 heteroatoms. The van der Waals surface area contributed by atoms with Crippen molar-refractivity contribution in [2.75, 3.05) is 18.1 Å². The van der Waals surface area contributed by atoms with Crippen molar-refractivity contribution in [1.29, 1.82) is 0 Å². The lowest BCUT2D eigenvalue weighted by atomic mass is 10.2. The van der Waals surface area contributed by atoms with Gasteiger partial charge in [-0.15, -0.1) is 0 Å². The quantitative estimate of drug-likeness (QED) is 0.650. The Hall–Kier alpha value is -2.85. The van der Waals surface area contributed by atoms with E-state index >= 15 is 0 Å². The molecule has 3 N–H and O–H groups in total. The van der Waals surface area contributed by atoms with Gasteiger partial charge in [0.15, 0.2) is 11.5 Å². The summed E-state index contributed by atoms with van der Waals surface area (Å²) in [5, 5.41) is 4.87. The summed E-state index contributed by atoms with van der Waals surface area (Å²) in [5.74, 6) is 0.334. The highest BCUT2D eigenvalue weighted by Gasteiger charge is 2.37. The van der Waals surface area contributed by atoms with Crippen molar-refractivity contribution in [1.82, 2.24) is 10.6 Å². The summed E-state index contributed by atoms with van der Waals surface area (Å²) in [4.78, 5) is 12.4. The summed E-state index contributed by atoms with van der Waals surface area (Å²) in [7, 11) is -3.84. The molecule has 2 aliphatic rings. The fourth-order valence-electron chi connectivity index (χ4n) is 3.28. The van der Waals surface area contributed by atoms with Crippen LogP contribution < -0.4 is 24.8 Å². The van der Waals surface area contributed by atoms with E-state index in [1.165, 1.54) is 18.2 Å². The third kappa shape index (κ3) is 4.28. The number of carbonyl (C=O) groups excluding carboxylic acids is 1. The van der Waals surface area contributed by atoms with Crippen LogP contribution in [0, 0.1) is 5.82 Å². The summed E-state index contributed by atoms with van der Waals surface area (Å²) in [6.45, 7) is 0.554. The summed E-state index contributed by atoms with van der Waals surface area (Å²) in [5.41, 5.74) is 0.731. The van der Waals surface area contributed by atoms with Crippen LogP contribution in [0.5, 0.6) is 11.5 Å². The van der Waals surface area contributed by atoms with Crippen molar-refractivity contribution in [2.24, 2.45) is 0 Å². The molecule has 1 saturated heterocycles. The van der Waals surface area contributed by atoms with Gasteiger partial charge in [-0.05, 0) is 36.2 Å². The van der Waals surface area contributed by atoms with E-state index in [2.05, 4.69) is 15.4 Å². The van der Waals surface area contributed by atoms with Gasteiger partial charge in [-0.25, -0.2) is 12.8 Å². The van der Waals surface area contributed by atoms with E-state index < -0.39 is 27.1 Å². The van der Waals surface area contributed by atoms with Crippen molar-refractivity contribution in [2.45, 2.75) is 24.3 Å². The number of nitrogens with one attached hydrogen (secondary N) is 3. The second-order valence-corrected chi connectivity index (χ2v) is 8.81. The Kier molecular flexibility index (Phi) is 5.29. The third-order valence-electron chi connectivity index (χ3n) is 4.88. The first-order valence-electron chi connectivity index (χ1n) is 9.08. The first kappa shape index (κ1) is 19.5. The van der Waals surface area contributed by atoms with Crippen LogP contribution in [0.15, 0.2) is 42.5 Å². The summed E-state index contributed by atoms with van der Waals surface area (Å²) in [6.07, 6.45) is 0.0940. The van der Waals surface area contributed by atoms with Crippen molar-refractivity contribution < 1.29 is 27.1 Å². The van der Waals surface area contributed by atoms with Crippen molar-refractivity contribution in [3.63, 3.8) is 0 Å². The topological polar surface area (TPSA) is 106 Å². The number of rotatable bonds is 6. The number of ether oxygens (including phenoxy) is 2. The summed E-state index contributed by atoms with van der Waals surface area (Å²) < 4.78 is 51.6. The fourth-order valence-corrected chi connectivity index (χ4v) is 4.68. The SMILES string of the molecule is O=C(NCc1ccc2c(c1)OCO2)C1CC(S(=O)(=O)Nc2ccccc2F)CN1. The molecule has 0 spiro atoms. The predicted octanol–water partition coefficient (Wildman–Crippen LogP) is 1.34. The smallest absolute Gasteiger partial charge is 0.237 e. The Bertz CT molecular complexity index is 1030. The molecular weight excluding hydrogens is 401 g/mol. The first-order chi connectivity index (χ1) is 13.9. The molecule has 0 aliphatic carbocycles. The maximum atomic E-state index is 13.7. The maximum absolute atomic E-state index is 13.7. The van der Waals surface area contributed by atoms with Crippen LogP contribution in [-0.2, 0) is 21.4 Å². The van der Waals surface area contributed by atoms with E-state index in [0.717, 1.165) is 5.56 Å². The zero-order valence-electron chi connectivity index (χ0n) is 15.4. The number of carbonyl (C=O) groups is 1. The first-order valence-corrected chi connectivity index (χ1v) is 10.6. The molecule has 2 unspecified atom stereocenters. The van der Waals surface area contributed by atoms with Gasteiger partial charge >= 0.3 is 0 Å². The van der Waals surface area contributed by atoms with Crippen molar-refractivity contribution in [3.8, 4) is 11.5 Å². The zero-order valence-corrected chi connectivity index (χ0v) is 16.2. The molecule has 8 nitrogen and oxygen atoms in total. The number of hydrogen-bond donors (Lipinski definition) is 3. The number of para-hydroxylation sites is 1. The average Bonchev–Trinajstić information content (AvgIpc) is 3.37. The van der Waals surface area contributed by atoms with Gasteiger partial charge < -0.3 is 20.1 Å². The van der Waals surface area contributed by atoms with Crippen LogP contribution in [0.1, 0.15) is 12.0 Å². The second-order valence-electron chi connectivity index (χ2n) is 6.85. The summed E-state index contributed by atoms with van der Waals surface area (Å²) >= 11 is 0. The van der Waals surface area contributed by atoms with E-state index in [1.807, 2.05) is 6.07 Å². The van der Waals surface area contributed by atoms with Crippen LogP contribution in [0.2, 0.25) is 0 Å². The Morgan fingerprint density at radius 2 is 1.97 bits per heavy atom. The Balaban J connectivity index is 1.33. The number of fused-ring (bicyclic) bond motifs is 1. The number of benzene rings is 2. The molecule has 2 aromatic rings. The Morgan fingerprint density at radius 1 is 1.17 bits per heavy atom. The number of amides is 1. The van der Waals surface area contributed by atoms with Gasteiger partial charge in [0.1, 0.15) is 5.82 Å². The molecule has 1 fully saturated rings. The molecule has 0 saturated carbocycles. The Morgan fingerprint density at radius 3 is 2.79 bits per heavy atom. The van der Waals surface area contributed by atoms with Crippen molar-refractivity contribution >= 4 is 21.6 Å². The van der Waals surface area contributed by atoms with Gasteiger partial charge in [-0.3, -0.25) is 9.52 Å². The zero-order chi connectivity index (χ0) is 20.4. The van der Waals surface area contributed by atoms with Crippen molar-refractivity contribution in [3.05, 3.63) is 53.8 Å². The molecule has 0 bridgehead atoms. The molecule has 2 aliphatic heterocycles. The normalized spacial score (nSPS) is 20.4. The highest BCUT2D eigenvalue weighted by atomic mass is 32.2. The molecule has 2 aromatic carbocycles. The van der Waals surface area contributed by atoms with Crippen LogP contribution in [0.25, 0.3) is 0 Å². The molecular formula is C19H20FN3O5S. The minimum absolute atomic E-state index is 0.0940. The van der Waals surface area contributed by atoms with Gasteiger partial charge in [-0.1, -0.05) is 18.2 Å². The molecule has 29 heavy (non-hydrogen) atoms. The van der Waals surface area contributed by atoms with E-state index in [1.54, 1.807) is 18.2 Å². The standard InChI is InChI=1S/C19H20FN3O5S/c20-14-3-1-2-4-15(14)23-29(25,26)13-8-16(21-10-13)19(24)22-9-12-5-6-17-18(7-12)28-11-27-17/h1-7,13,16,21,23H,8-11H2,(H,22,24). The number of sulfonamides is 1. The number of anilines is 1. The van der Waals surface area contributed by atoms with Gasteiger partial charge in [0, 0.05) is 13.1 Å². The second kappa shape index (κ2) is 7.88. The fraction of sp³-hybridized carbons (Fsp3) is 0.316. The van der Waals surface area contributed by atoms with E-state index in [0.29, 0.717) is 11.5 Å². The van der Waals surface area contributed by atoms with Crippen LogP contribution in [0.3, 0.4) is 0 Å².